The number of benzene rings is 1. The van der Waals surface area contributed by atoms with E-state index in [2.05, 4.69) is 21.4 Å². The number of nitrogens with two attached hydrogens (primary N) is 1. The van der Waals surface area contributed by atoms with Crippen LogP contribution in [0.15, 0.2) is 57.5 Å². The number of nitrogens with zero attached hydrogens (tertiary/aromatic N) is 4. The molecule has 35 heavy (non-hydrogen) atoms. The smallest absolute Gasteiger partial charge is 0.226 e. The van der Waals surface area contributed by atoms with Gasteiger partial charge in [-0.1, -0.05) is 12.1 Å². The van der Waals surface area contributed by atoms with E-state index in [1.165, 1.54) is 29.4 Å². The summed E-state index contributed by atoms with van der Waals surface area (Å²) in [5.41, 5.74) is 8.07. The Morgan fingerprint density at radius 2 is 2.00 bits per heavy atom. The average molecular weight is 503 g/mol. The van der Waals surface area contributed by atoms with Crippen LogP contribution < -0.4 is 15.8 Å². The third-order valence-corrected chi connectivity index (χ3v) is 6.62. The number of thioether (sulfide) groups is 1. The normalized spacial score (nSPS) is 10.4. The van der Waals surface area contributed by atoms with Gasteiger partial charge in [0.1, 0.15) is 40.1 Å². The SMILES string of the molecule is COc1ccccc1-c1csc(NC(=O)CCSc2nc(N)c(C#N)c(-c3ccco3)c2C#N)n1. The number of nitrogens with one attached hydrogen (secondary N) is 1. The van der Waals surface area contributed by atoms with E-state index in [0.29, 0.717) is 38.7 Å². The van der Waals surface area contributed by atoms with E-state index < -0.39 is 0 Å². The van der Waals surface area contributed by atoms with Crippen molar-refractivity contribution < 1.29 is 13.9 Å². The first-order valence-electron chi connectivity index (χ1n) is 10.2. The molecule has 11 heteroatoms. The second-order valence-electron chi connectivity index (χ2n) is 7.01. The number of nitrogen functional groups attached to an aromatic ring is 1. The minimum absolute atomic E-state index is 0.00323. The summed E-state index contributed by atoms with van der Waals surface area (Å²) in [6.45, 7) is 0. The van der Waals surface area contributed by atoms with Crippen molar-refractivity contribution >= 4 is 40.0 Å². The molecule has 0 fully saturated rings. The highest BCUT2D eigenvalue weighted by Crippen LogP contribution is 2.36. The van der Waals surface area contributed by atoms with Crippen molar-refractivity contribution in [3.63, 3.8) is 0 Å². The van der Waals surface area contributed by atoms with Crippen molar-refractivity contribution in [3.05, 3.63) is 59.2 Å². The second kappa shape index (κ2) is 10.7. The van der Waals surface area contributed by atoms with Crippen molar-refractivity contribution in [1.82, 2.24) is 9.97 Å². The maximum atomic E-state index is 12.5. The molecule has 0 aliphatic heterocycles. The molecular weight excluding hydrogens is 484 g/mol. The average Bonchev–Trinajstić information content (AvgIpc) is 3.56. The van der Waals surface area contributed by atoms with Gasteiger partial charge >= 0.3 is 0 Å². The standard InChI is InChI=1S/C24H18N6O3S2/c1-32-18-6-3-2-5-14(18)17-13-35-24(28-17)29-20(31)8-10-34-23-16(12-26)21(19-7-4-9-33-19)15(11-25)22(27)30-23/h2-7,9,13H,8,10H2,1H3,(H2,27,30)(H,28,29,31). The van der Waals surface area contributed by atoms with Crippen LogP contribution in [-0.4, -0.2) is 28.7 Å². The highest BCUT2D eigenvalue weighted by molar-refractivity contribution is 7.99. The Bertz CT molecular complexity index is 1450. The lowest BCUT2D eigenvalue weighted by Gasteiger charge is -2.11. The number of amides is 1. The zero-order valence-electron chi connectivity index (χ0n) is 18.4. The second-order valence-corrected chi connectivity index (χ2v) is 8.95. The first-order valence-corrected chi connectivity index (χ1v) is 12.1. The van der Waals surface area contributed by atoms with E-state index in [9.17, 15) is 15.3 Å². The molecule has 9 nitrogen and oxygen atoms in total. The fraction of sp³-hybridized carbons (Fsp3) is 0.125. The first kappa shape index (κ1) is 23.8. The summed E-state index contributed by atoms with van der Waals surface area (Å²) in [5, 5.41) is 24.7. The Kier molecular flexibility index (Phi) is 7.31. The van der Waals surface area contributed by atoms with Crippen LogP contribution in [0.4, 0.5) is 10.9 Å². The summed E-state index contributed by atoms with van der Waals surface area (Å²) in [6, 6.07) is 14.9. The number of anilines is 2. The van der Waals surface area contributed by atoms with Gasteiger partial charge in [0, 0.05) is 23.1 Å². The molecule has 3 N–H and O–H groups in total. The molecule has 0 radical (unpaired) electrons. The Labute approximate surface area is 209 Å². The van der Waals surface area contributed by atoms with Crippen LogP contribution in [0.25, 0.3) is 22.6 Å². The highest BCUT2D eigenvalue weighted by atomic mass is 32.2. The third-order valence-electron chi connectivity index (χ3n) is 4.88. The number of furan rings is 1. The number of hydrogen-bond donors (Lipinski definition) is 2. The number of aromatic nitrogens is 2. The number of ether oxygens (including phenoxy) is 1. The molecule has 1 aromatic carbocycles. The number of hydrogen-bond acceptors (Lipinski definition) is 10. The molecule has 0 saturated heterocycles. The minimum atomic E-state index is -0.232. The van der Waals surface area contributed by atoms with Gasteiger partial charge < -0.3 is 20.2 Å². The van der Waals surface area contributed by atoms with Crippen molar-refractivity contribution in [2.45, 2.75) is 11.4 Å². The van der Waals surface area contributed by atoms with Crippen LogP contribution in [-0.2, 0) is 4.79 Å². The molecule has 0 aliphatic carbocycles. The van der Waals surface area contributed by atoms with E-state index in [1.54, 1.807) is 19.2 Å². The van der Waals surface area contributed by atoms with Crippen LogP contribution in [0.2, 0.25) is 0 Å². The monoisotopic (exact) mass is 502 g/mol. The number of carbonyl (C=O) groups is 1. The lowest BCUT2D eigenvalue weighted by Crippen LogP contribution is -2.12. The van der Waals surface area contributed by atoms with E-state index in [4.69, 9.17) is 14.9 Å². The fourth-order valence-electron chi connectivity index (χ4n) is 3.30. The van der Waals surface area contributed by atoms with Gasteiger partial charge in [0.25, 0.3) is 0 Å². The van der Waals surface area contributed by atoms with Crippen molar-refractivity contribution in [2.75, 3.05) is 23.9 Å². The summed E-state index contributed by atoms with van der Waals surface area (Å²) in [7, 11) is 1.59. The maximum Gasteiger partial charge on any atom is 0.226 e. The van der Waals surface area contributed by atoms with E-state index in [0.717, 1.165) is 5.56 Å². The summed E-state index contributed by atoms with van der Waals surface area (Å²) in [5.74, 6) is 1.15. The molecule has 0 atom stereocenters. The molecule has 0 aliphatic rings. The molecule has 3 heterocycles. The molecule has 4 aromatic rings. The Morgan fingerprint density at radius 3 is 2.71 bits per heavy atom. The molecule has 0 spiro atoms. The predicted molar refractivity (Wildman–Crippen MR) is 134 cm³/mol. The van der Waals surface area contributed by atoms with Gasteiger partial charge in [0.05, 0.1) is 30.2 Å². The summed E-state index contributed by atoms with van der Waals surface area (Å²) < 4.78 is 10.8. The quantitative estimate of drug-likeness (QED) is 0.320. The Morgan fingerprint density at radius 1 is 1.20 bits per heavy atom. The van der Waals surface area contributed by atoms with Gasteiger partial charge in [0.2, 0.25) is 5.91 Å². The summed E-state index contributed by atoms with van der Waals surface area (Å²) in [6.07, 6.45) is 1.60. The van der Waals surface area contributed by atoms with Crippen molar-refractivity contribution in [2.24, 2.45) is 0 Å². The number of para-hydroxylation sites is 1. The topological polar surface area (TPSA) is 151 Å². The Balaban J connectivity index is 1.44. The van der Waals surface area contributed by atoms with Gasteiger partial charge in [-0.2, -0.15) is 10.5 Å². The van der Waals surface area contributed by atoms with Gasteiger partial charge in [-0.3, -0.25) is 4.79 Å². The first-order chi connectivity index (χ1) is 17.0. The van der Waals surface area contributed by atoms with Crippen LogP contribution >= 0.6 is 23.1 Å². The number of nitriles is 2. The molecule has 0 unspecified atom stereocenters. The minimum Gasteiger partial charge on any atom is -0.496 e. The van der Waals surface area contributed by atoms with Gasteiger partial charge in [-0.05, 0) is 24.3 Å². The van der Waals surface area contributed by atoms with Crippen LogP contribution in [0.5, 0.6) is 5.75 Å². The number of thiazole rings is 1. The molecule has 0 saturated carbocycles. The summed E-state index contributed by atoms with van der Waals surface area (Å²) >= 11 is 2.52. The summed E-state index contributed by atoms with van der Waals surface area (Å²) in [4.78, 5) is 21.2. The van der Waals surface area contributed by atoms with Crippen LogP contribution in [0, 0.1) is 22.7 Å². The van der Waals surface area contributed by atoms with Crippen molar-refractivity contribution in [3.8, 4) is 40.5 Å². The lowest BCUT2D eigenvalue weighted by atomic mass is 10.0. The number of methoxy groups -OCH3 is 1. The van der Waals surface area contributed by atoms with E-state index in [-0.39, 0.29) is 29.3 Å². The van der Waals surface area contributed by atoms with E-state index in [1.807, 2.05) is 35.7 Å². The van der Waals surface area contributed by atoms with Gasteiger partial charge in [-0.15, -0.1) is 23.1 Å². The lowest BCUT2D eigenvalue weighted by molar-refractivity contribution is -0.115. The zero-order chi connectivity index (χ0) is 24.8. The molecule has 3 aromatic heterocycles. The molecule has 1 amide bonds. The largest absolute Gasteiger partial charge is 0.496 e. The maximum absolute atomic E-state index is 12.5. The highest BCUT2D eigenvalue weighted by Gasteiger charge is 2.22. The third kappa shape index (κ3) is 5.11. The molecular formula is C24H18N6O3S2. The number of rotatable bonds is 8. The number of carbonyl (C=O) groups excluding carboxylic acids is 1. The Hall–Kier alpha value is -4.32. The van der Waals surface area contributed by atoms with E-state index >= 15 is 0 Å². The van der Waals surface area contributed by atoms with Gasteiger partial charge in [0.15, 0.2) is 5.13 Å². The number of pyridine rings is 1. The van der Waals surface area contributed by atoms with Crippen LogP contribution in [0.1, 0.15) is 17.5 Å². The predicted octanol–water partition coefficient (Wildman–Crippen LogP) is 4.92. The molecule has 0 bridgehead atoms. The van der Waals surface area contributed by atoms with Crippen LogP contribution in [0.3, 0.4) is 0 Å². The van der Waals surface area contributed by atoms with Crippen molar-refractivity contribution in [1.29, 1.82) is 10.5 Å². The zero-order valence-corrected chi connectivity index (χ0v) is 20.1. The molecule has 4 rings (SSSR count). The molecule has 174 valence electrons. The fourth-order valence-corrected chi connectivity index (χ4v) is 4.97. The van der Waals surface area contributed by atoms with Gasteiger partial charge in [-0.25, -0.2) is 9.97 Å².